The number of likely N-dealkylation sites (tertiary alicyclic amines) is 1. The lowest BCUT2D eigenvalue weighted by atomic mass is 9.98. The largest absolute Gasteiger partial charge is 0.507 e. The minimum atomic E-state index is -0.902. The molecule has 1 unspecified atom stereocenters. The second kappa shape index (κ2) is 11.1. The van der Waals surface area contributed by atoms with Crippen molar-refractivity contribution in [3.63, 3.8) is 0 Å². The minimum Gasteiger partial charge on any atom is -0.507 e. The molecule has 8 heteroatoms. The summed E-state index contributed by atoms with van der Waals surface area (Å²) in [6.45, 7) is 5.84. The van der Waals surface area contributed by atoms with Gasteiger partial charge in [-0.05, 0) is 62.7 Å². The predicted molar refractivity (Wildman–Crippen MR) is 137 cm³/mol. The van der Waals surface area contributed by atoms with Gasteiger partial charge in [-0.25, -0.2) is 4.79 Å². The molecule has 1 aliphatic rings. The van der Waals surface area contributed by atoms with Crippen LogP contribution in [0, 0.1) is 0 Å². The highest BCUT2D eigenvalue weighted by atomic mass is 16.5. The van der Waals surface area contributed by atoms with E-state index in [0.29, 0.717) is 28.1 Å². The van der Waals surface area contributed by atoms with Crippen LogP contribution in [0.25, 0.3) is 5.76 Å². The molecule has 0 radical (unpaired) electrons. The topological polar surface area (TPSA) is 106 Å². The number of amides is 1. The van der Waals surface area contributed by atoms with E-state index in [1.54, 1.807) is 79.9 Å². The van der Waals surface area contributed by atoms with E-state index >= 15 is 0 Å². The van der Waals surface area contributed by atoms with Crippen molar-refractivity contribution >= 4 is 23.4 Å². The average Bonchev–Trinajstić information content (AvgIpc) is 3.14. The Bertz CT molecular complexity index is 1330. The number of nitrogens with zero attached hydrogens (tertiary/aromatic N) is 2. The first-order valence-electron chi connectivity index (χ1n) is 12.0. The lowest BCUT2D eigenvalue weighted by molar-refractivity contribution is -0.140. The normalized spacial score (nSPS) is 16.8. The number of aliphatic hydroxyl groups excluding tert-OH is 1. The highest BCUT2D eigenvalue weighted by Crippen LogP contribution is 2.39. The molecular formula is C29H28N2O6. The van der Waals surface area contributed by atoms with Gasteiger partial charge in [-0.1, -0.05) is 30.3 Å². The molecule has 190 valence electrons. The molecule has 1 fully saturated rings. The number of benzene rings is 2. The maximum Gasteiger partial charge on any atom is 0.338 e. The van der Waals surface area contributed by atoms with Crippen LogP contribution in [0.4, 0.5) is 0 Å². The van der Waals surface area contributed by atoms with Crippen molar-refractivity contribution in [2.24, 2.45) is 0 Å². The molecular weight excluding hydrogens is 472 g/mol. The smallest absolute Gasteiger partial charge is 0.338 e. The van der Waals surface area contributed by atoms with Crippen LogP contribution in [0.15, 0.2) is 78.5 Å². The molecule has 2 heterocycles. The van der Waals surface area contributed by atoms with Gasteiger partial charge in [-0.3, -0.25) is 14.6 Å². The molecule has 37 heavy (non-hydrogen) atoms. The molecule has 0 bridgehead atoms. The Kier molecular flexibility index (Phi) is 7.67. The monoisotopic (exact) mass is 500 g/mol. The number of hydrogen-bond donors (Lipinski definition) is 1. The van der Waals surface area contributed by atoms with Crippen molar-refractivity contribution in [2.45, 2.75) is 39.5 Å². The van der Waals surface area contributed by atoms with Crippen molar-refractivity contribution in [1.82, 2.24) is 9.88 Å². The number of Topliss-reactive ketones (excluding diaryl/α,β-unsaturated/α-hetero) is 1. The zero-order chi connectivity index (χ0) is 26.5. The third kappa shape index (κ3) is 5.53. The number of esters is 1. The standard InChI is InChI=1S/C29H28N2O6/c1-4-36-29(35)20-13-11-19(12-14-20)17-31-25(23-10-5-6-15-30-23)24(27(33)28(31)34)26(32)21-8-7-9-22(16-21)37-18(2)3/h5-16,18,25,32H,4,17H2,1-3H3/b26-24+. The van der Waals surface area contributed by atoms with E-state index in [-0.39, 0.29) is 30.6 Å². The summed E-state index contributed by atoms with van der Waals surface area (Å²) >= 11 is 0. The summed E-state index contributed by atoms with van der Waals surface area (Å²) in [6, 6.07) is 17.7. The quantitative estimate of drug-likeness (QED) is 0.207. The molecule has 1 amide bonds. The Morgan fingerprint density at radius 1 is 1.03 bits per heavy atom. The van der Waals surface area contributed by atoms with E-state index in [4.69, 9.17) is 9.47 Å². The Balaban J connectivity index is 1.74. The van der Waals surface area contributed by atoms with Gasteiger partial charge >= 0.3 is 5.97 Å². The van der Waals surface area contributed by atoms with Crippen molar-refractivity contribution in [2.75, 3.05) is 6.61 Å². The Hall–Kier alpha value is -4.46. The second-order valence-electron chi connectivity index (χ2n) is 8.79. The first-order valence-corrected chi connectivity index (χ1v) is 12.0. The molecule has 0 saturated carbocycles. The van der Waals surface area contributed by atoms with E-state index in [1.165, 1.54) is 4.90 Å². The van der Waals surface area contributed by atoms with Gasteiger partial charge in [0.2, 0.25) is 0 Å². The van der Waals surface area contributed by atoms with Crippen molar-refractivity contribution in [3.05, 3.63) is 101 Å². The van der Waals surface area contributed by atoms with Crippen LogP contribution in [0.1, 0.15) is 54.0 Å². The molecule has 3 aromatic rings. The molecule has 1 N–H and O–H groups in total. The molecule has 2 aromatic carbocycles. The fourth-order valence-electron chi connectivity index (χ4n) is 4.19. The van der Waals surface area contributed by atoms with Gasteiger partial charge < -0.3 is 19.5 Å². The van der Waals surface area contributed by atoms with Gasteiger partial charge in [-0.15, -0.1) is 0 Å². The van der Waals surface area contributed by atoms with Gasteiger partial charge in [-0.2, -0.15) is 0 Å². The lowest BCUT2D eigenvalue weighted by Gasteiger charge is -2.24. The summed E-state index contributed by atoms with van der Waals surface area (Å²) in [5.41, 5.74) is 1.84. The maximum atomic E-state index is 13.3. The van der Waals surface area contributed by atoms with E-state index in [0.717, 1.165) is 0 Å². The fraction of sp³-hybridized carbons (Fsp3) is 0.241. The second-order valence-corrected chi connectivity index (χ2v) is 8.79. The first kappa shape index (κ1) is 25.6. The third-order valence-electron chi connectivity index (χ3n) is 5.81. The van der Waals surface area contributed by atoms with E-state index < -0.39 is 23.7 Å². The van der Waals surface area contributed by atoms with Crippen LogP contribution in [0.5, 0.6) is 5.75 Å². The van der Waals surface area contributed by atoms with Gasteiger partial charge in [0, 0.05) is 18.3 Å². The first-order chi connectivity index (χ1) is 17.8. The number of hydrogen-bond acceptors (Lipinski definition) is 7. The van der Waals surface area contributed by atoms with Crippen LogP contribution in [-0.4, -0.2) is 45.4 Å². The van der Waals surface area contributed by atoms with Gasteiger partial charge in [0.1, 0.15) is 17.6 Å². The summed E-state index contributed by atoms with van der Waals surface area (Å²) in [5.74, 6) is -1.76. The maximum absolute atomic E-state index is 13.3. The Labute approximate surface area is 215 Å². The molecule has 1 atom stereocenters. The Morgan fingerprint density at radius 3 is 2.43 bits per heavy atom. The zero-order valence-electron chi connectivity index (χ0n) is 20.9. The van der Waals surface area contributed by atoms with E-state index in [1.807, 2.05) is 13.8 Å². The van der Waals surface area contributed by atoms with Crippen molar-refractivity contribution < 1.29 is 29.0 Å². The molecule has 1 aliphatic heterocycles. The van der Waals surface area contributed by atoms with Crippen molar-refractivity contribution in [1.29, 1.82) is 0 Å². The fourth-order valence-corrected chi connectivity index (χ4v) is 4.19. The molecule has 1 aromatic heterocycles. The highest BCUT2D eigenvalue weighted by Gasteiger charge is 2.46. The van der Waals surface area contributed by atoms with Crippen LogP contribution in [0.3, 0.4) is 0 Å². The van der Waals surface area contributed by atoms with Crippen LogP contribution < -0.4 is 4.74 Å². The molecule has 1 saturated heterocycles. The van der Waals surface area contributed by atoms with Crippen LogP contribution in [0.2, 0.25) is 0 Å². The summed E-state index contributed by atoms with van der Waals surface area (Å²) in [6.07, 6.45) is 1.49. The third-order valence-corrected chi connectivity index (χ3v) is 5.81. The number of carbonyl (C=O) groups excluding carboxylic acids is 3. The number of aliphatic hydroxyl groups is 1. The molecule has 0 spiro atoms. The SMILES string of the molecule is CCOC(=O)c1ccc(CN2C(=O)C(=O)/C(=C(/O)c3cccc(OC(C)C)c3)C2c2ccccn2)cc1. The Morgan fingerprint density at radius 2 is 1.78 bits per heavy atom. The minimum absolute atomic E-state index is 0.0476. The molecule has 8 nitrogen and oxygen atoms in total. The van der Waals surface area contributed by atoms with Gasteiger partial charge in [0.05, 0.1) is 29.5 Å². The summed E-state index contributed by atoms with van der Waals surface area (Å²) in [4.78, 5) is 44.2. The van der Waals surface area contributed by atoms with Crippen LogP contribution >= 0.6 is 0 Å². The van der Waals surface area contributed by atoms with Crippen LogP contribution in [-0.2, 0) is 20.9 Å². The molecule has 4 rings (SSSR count). The number of carbonyl (C=O) groups is 3. The van der Waals surface area contributed by atoms with E-state index in [2.05, 4.69) is 4.98 Å². The average molecular weight is 501 g/mol. The highest BCUT2D eigenvalue weighted by molar-refractivity contribution is 6.46. The number of pyridine rings is 1. The predicted octanol–water partition coefficient (Wildman–Crippen LogP) is 4.67. The number of ketones is 1. The number of rotatable bonds is 8. The van der Waals surface area contributed by atoms with Gasteiger partial charge in [0.25, 0.3) is 11.7 Å². The molecule has 0 aliphatic carbocycles. The summed E-state index contributed by atoms with van der Waals surface area (Å²) in [7, 11) is 0. The summed E-state index contributed by atoms with van der Waals surface area (Å²) in [5, 5.41) is 11.3. The van der Waals surface area contributed by atoms with E-state index in [9.17, 15) is 19.5 Å². The summed E-state index contributed by atoms with van der Waals surface area (Å²) < 4.78 is 10.7. The number of aromatic nitrogens is 1. The zero-order valence-corrected chi connectivity index (χ0v) is 20.9. The van der Waals surface area contributed by atoms with Gasteiger partial charge in [0.15, 0.2) is 0 Å². The van der Waals surface area contributed by atoms with Crippen molar-refractivity contribution in [3.8, 4) is 5.75 Å². The number of ether oxygens (including phenoxy) is 2. The lowest BCUT2D eigenvalue weighted by Crippen LogP contribution is -2.29.